The smallest absolute Gasteiger partial charge is 0.410 e. The molecule has 3 heterocycles. The lowest BCUT2D eigenvalue weighted by atomic mass is 9.96. The lowest BCUT2D eigenvalue weighted by Gasteiger charge is -2.33. The maximum Gasteiger partial charge on any atom is 0.410 e. The van der Waals surface area contributed by atoms with Gasteiger partial charge in [-0.3, -0.25) is 4.79 Å². The molecule has 33 heavy (non-hydrogen) atoms. The molecule has 1 amide bonds. The molecule has 3 atom stereocenters. The molecule has 172 valence electrons. The van der Waals surface area contributed by atoms with Crippen LogP contribution in [0.5, 0.6) is 11.5 Å². The molecule has 0 spiro atoms. The number of rotatable bonds is 4. The first-order valence-electron chi connectivity index (χ1n) is 10.5. The molecular weight excluding hydrogens is 437 g/mol. The lowest BCUT2D eigenvalue weighted by Crippen LogP contribution is -2.35. The molecule has 0 radical (unpaired) electrons. The molecule has 3 unspecified atom stereocenters. The van der Waals surface area contributed by atoms with E-state index in [-0.39, 0.29) is 30.8 Å². The van der Waals surface area contributed by atoms with Crippen LogP contribution in [-0.4, -0.2) is 28.7 Å². The Balaban J connectivity index is 1.41. The molecule has 10 heteroatoms. The molecule has 0 bridgehead atoms. The minimum atomic E-state index is -4.54. The topological polar surface area (TPSA) is 77.4 Å². The number of alkyl halides is 3. The average molecular weight is 458 g/mol. The molecule has 0 aliphatic carbocycles. The number of ether oxygens (including phenoxy) is 2. The predicted molar refractivity (Wildman–Crippen MR) is 113 cm³/mol. The highest BCUT2D eigenvalue weighted by Crippen LogP contribution is 2.45. The minimum Gasteiger partial charge on any atom is -0.454 e. The van der Waals surface area contributed by atoms with E-state index < -0.39 is 24.2 Å². The first-order valence-corrected chi connectivity index (χ1v) is 10.5. The number of hydrogen-bond acceptors (Lipinski definition) is 5. The van der Waals surface area contributed by atoms with Crippen LogP contribution in [0, 0.1) is 0 Å². The van der Waals surface area contributed by atoms with Crippen molar-refractivity contribution >= 4 is 11.7 Å². The van der Waals surface area contributed by atoms with E-state index in [9.17, 15) is 18.0 Å². The summed E-state index contributed by atoms with van der Waals surface area (Å²) in [5, 5.41) is 9.89. The van der Waals surface area contributed by atoms with Gasteiger partial charge < -0.3 is 20.1 Å². The molecule has 0 fully saturated rings. The molecule has 2 aliphatic rings. The standard InChI is InChI=1S/C23H21F3N4O3/c1-13(14-5-3-2-4-6-14)27-22(31)17-11-21-28-16(10-20(23(24,25)26)30(21)29-17)15-7-8-18-19(9-15)33-12-32-18/h2-9,11,13,16,20,28H,10,12H2,1H3,(H,27,31). The van der Waals surface area contributed by atoms with Gasteiger partial charge in [-0.15, -0.1) is 0 Å². The lowest BCUT2D eigenvalue weighted by molar-refractivity contribution is -0.173. The summed E-state index contributed by atoms with van der Waals surface area (Å²) in [5.74, 6) is 0.629. The summed E-state index contributed by atoms with van der Waals surface area (Å²) in [6, 6.07) is 12.8. The Morgan fingerprint density at radius 2 is 1.91 bits per heavy atom. The van der Waals surface area contributed by atoms with Gasteiger partial charge in [0.05, 0.1) is 12.1 Å². The molecule has 1 aromatic heterocycles. The van der Waals surface area contributed by atoms with Crippen LogP contribution in [0.2, 0.25) is 0 Å². The van der Waals surface area contributed by atoms with Gasteiger partial charge in [-0.05, 0) is 30.2 Å². The van der Waals surface area contributed by atoms with E-state index in [1.807, 2.05) is 30.3 Å². The van der Waals surface area contributed by atoms with Crippen molar-refractivity contribution < 1.29 is 27.4 Å². The predicted octanol–water partition coefficient (Wildman–Crippen LogP) is 4.76. The number of fused-ring (bicyclic) bond motifs is 2. The van der Waals surface area contributed by atoms with E-state index in [1.165, 1.54) is 6.07 Å². The van der Waals surface area contributed by atoms with Crippen LogP contribution in [0.25, 0.3) is 0 Å². The van der Waals surface area contributed by atoms with Crippen molar-refractivity contribution in [2.45, 2.75) is 37.6 Å². The van der Waals surface area contributed by atoms with Crippen molar-refractivity contribution in [1.29, 1.82) is 0 Å². The van der Waals surface area contributed by atoms with E-state index in [0.717, 1.165) is 10.2 Å². The van der Waals surface area contributed by atoms with Gasteiger partial charge in [0.1, 0.15) is 5.82 Å². The summed E-state index contributed by atoms with van der Waals surface area (Å²) in [6.45, 7) is 1.88. The Bertz CT molecular complexity index is 1180. The fraction of sp³-hybridized carbons (Fsp3) is 0.304. The Labute approximate surface area is 187 Å². The van der Waals surface area contributed by atoms with Crippen LogP contribution >= 0.6 is 0 Å². The second-order valence-corrected chi connectivity index (χ2v) is 8.07. The number of nitrogens with zero attached hydrogens (tertiary/aromatic N) is 2. The zero-order valence-electron chi connectivity index (χ0n) is 17.6. The van der Waals surface area contributed by atoms with Crippen LogP contribution in [0.4, 0.5) is 19.0 Å². The molecular formula is C23H21F3N4O3. The third-order valence-corrected chi connectivity index (χ3v) is 5.87. The summed E-state index contributed by atoms with van der Waals surface area (Å²) < 4.78 is 53.3. The quantitative estimate of drug-likeness (QED) is 0.589. The van der Waals surface area contributed by atoms with E-state index in [2.05, 4.69) is 15.7 Å². The van der Waals surface area contributed by atoms with Crippen LogP contribution in [0.3, 0.4) is 0 Å². The fourth-order valence-corrected chi connectivity index (χ4v) is 4.13. The Hall–Kier alpha value is -3.69. The molecule has 2 N–H and O–H groups in total. The number of amides is 1. The van der Waals surface area contributed by atoms with Crippen molar-refractivity contribution in [2.75, 3.05) is 12.1 Å². The third kappa shape index (κ3) is 4.08. The van der Waals surface area contributed by atoms with Crippen LogP contribution in [0.1, 0.15) is 53.1 Å². The maximum absolute atomic E-state index is 13.9. The van der Waals surface area contributed by atoms with Gasteiger partial charge >= 0.3 is 6.18 Å². The Morgan fingerprint density at radius 3 is 2.67 bits per heavy atom. The van der Waals surface area contributed by atoms with Gasteiger partial charge in [-0.2, -0.15) is 18.3 Å². The highest BCUT2D eigenvalue weighted by Gasteiger charge is 2.47. The second-order valence-electron chi connectivity index (χ2n) is 8.07. The van der Waals surface area contributed by atoms with Gasteiger partial charge in [0, 0.05) is 12.5 Å². The summed E-state index contributed by atoms with van der Waals surface area (Å²) in [6.07, 6.45) is -4.82. The van der Waals surface area contributed by atoms with Crippen molar-refractivity contribution in [3.63, 3.8) is 0 Å². The SMILES string of the molecule is CC(NC(=O)c1cc2n(n1)C(C(F)(F)F)CC(c1ccc3c(c1)OCO3)N2)c1ccccc1. The summed E-state index contributed by atoms with van der Waals surface area (Å²) in [7, 11) is 0. The third-order valence-electron chi connectivity index (χ3n) is 5.87. The minimum absolute atomic E-state index is 0.0781. The number of aromatic nitrogens is 2. The molecule has 2 aliphatic heterocycles. The van der Waals surface area contributed by atoms with E-state index in [0.29, 0.717) is 17.1 Å². The molecule has 3 aromatic rings. The Morgan fingerprint density at radius 1 is 1.15 bits per heavy atom. The van der Waals surface area contributed by atoms with E-state index >= 15 is 0 Å². The van der Waals surface area contributed by atoms with Crippen molar-refractivity contribution in [1.82, 2.24) is 15.1 Å². The number of benzene rings is 2. The maximum atomic E-state index is 13.9. The van der Waals surface area contributed by atoms with Crippen LogP contribution < -0.4 is 20.1 Å². The zero-order valence-corrected chi connectivity index (χ0v) is 17.6. The normalized spacial score (nSPS) is 20.0. The molecule has 0 saturated carbocycles. The van der Waals surface area contributed by atoms with Gasteiger partial charge in [0.15, 0.2) is 23.2 Å². The van der Waals surface area contributed by atoms with Crippen molar-refractivity contribution in [3.05, 3.63) is 71.4 Å². The first kappa shape index (κ1) is 21.2. The number of anilines is 1. The number of carbonyl (C=O) groups excluding carboxylic acids is 1. The number of hydrogen-bond donors (Lipinski definition) is 2. The van der Waals surface area contributed by atoms with Gasteiger partial charge in [-0.1, -0.05) is 36.4 Å². The van der Waals surface area contributed by atoms with Gasteiger partial charge in [-0.25, -0.2) is 4.68 Å². The van der Waals surface area contributed by atoms with Crippen molar-refractivity contribution in [2.24, 2.45) is 0 Å². The van der Waals surface area contributed by atoms with Gasteiger partial charge in [0.25, 0.3) is 5.91 Å². The number of nitrogens with one attached hydrogen (secondary N) is 2. The zero-order chi connectivity index (χ0) is 23.2. The van der Waals surface area contributed by atoms with Crippen LogP contribution in [0.15, 0.2) is 54.6 Å². The van der Waals surface area contributed by atoms with Crippen LogP contribution in [-0.2, 0) is 0 Å². The van der Waals surface area contributed by atoms with E-state index in [4.69, 9.17) is 9.47 Å². The molecule has 2 aromatic carbocycles. The average Bonchev–Trinajstić information content (AvgIpc) is 3.44. The highest BCUT2D eigenvalue weighted by atomic mass is 19.4. The molecule has 5 rings (SSSR count). The number of carbonyl (C=O) groups is 1. The fourth-order valence-electron chi connectivity index (χ4n) is 4.13. The Kier molecular flexibility index (Phi) is 5.15. The van der Waals surface area contributed by atoms with E-state index in [1.54, 1.807) is 25.1 Å². The molecule has 0 saturated heterocycles. The largest absolute Gasteiger partial charge is 0.454 e. The second kappa shape index (κ2) is 8.02. The highest BCUT2D eigenvalue weighted by molar-refractivity contribution is 5.93. The number of halogens is 3. The summed E-state index contributed by atoms with van der Waals surface area (Å²) in [5.41, 5.74) is 1.43. The summed E-state index contributed by atoms with van der Waals surface area (Å²) in [4.78, 5) is 12.8. The first-order chi connectivity index (χ1) is 15.8. The monoisotopic (exact) mass is 458 g/mol. The summed E-state index contributed by atoms with van der Waals surface area (Å²) >= 11 is 0. The van der Waals surface area contributed by atoms with Crippen molar-refractivity contribution in [3.8, 4) is 11.5 Å². The molecule has 7 nitrogen and oxygen atoms in total. The van der Waals surface area contributed by atoms with Gasteiger partial charge in [0.2, 0.25) is 6.79 Å².